The number of benzene rings is 1. The van der Waals surface area contributed by atoms with Gasteiger partial charge in [-0.1, -0.05) is 25.1 Å². The molecule has 5 nitrogen and oxygen atoms in total. The smallest absolute Gasteiger partial charge is 0.255 e. The Morgan fingerprint density at radius 3 is 2.79 bits per heavy atom. The topological polar surface area (TPSA) is 61.4 Å². The maximum atomic E-state index is 12.7. The van der Waals surface area contributed by atoms with Crippen LogP contribution in [0.15, 0.2) is 30.5 Å². The van der Waals surface area contributed by atoms with Crippen molar-refractivity contribution >= 4 is 11.8 Å². The third-order valence-corrected chi connectivity index (χ3v) is 5.37. The van der Waals surface area contributed by atoms with E-state index in [1.165, 1.54) is 18.4 Å². The van der Waals surface area contributed by atoms with Gasteiger partial charge in [-0.05, 0) is 49.4 Å². The van der Waals surface area contributed by atoms with Crippen molar-refractivity contribution in [3.63, 3.8) is 0 Å². The molecule has 0 aromatic heterocycles. The van der Waals surface area contributed by atoms with E-state index >= 15 is 0 Å². The molecule has 126 valence electrons. The predicted molar refractivity (Wildman–Crippen MR) is 91.2 cm³/mol. The van der Waals surface area contributed by atoms with Gasteiger partial charge in [0, 0.05) is 23.8 Å². The zero-order valence-corrected chi connectivity index (χ0v) is 13.8. The molecule has 2 unspecified atom stereocenters. The van der Waals surface area contributed by atoms with Crippen molar-refractivity contribution in [3.8, 4) is 0 Å². The van der Waals surface area contributed by atoms with E-state index in [0.29, 0.717) is 19.0 Å². The monoisotopic (exact) mass is 325 g/mol. The van der Waals surface area contributed by atoms with Crippen molar-refractivity contribution in [2.24, 2.45) is 0 Å². The number of fused-ring (bicyclic) bond motifs is 1. The van der Waals surface area contributed by atoms with E-state index in [-0.39, 0.29) is 17.9 Å². The van der Waals surface area contributed by atoms with Crippen molar-refractivity contribution in [1.82, 2.24) is 15.5 Å². The van der Waals surface area contributed by atoms with E-state index in [0.717, 1.165) is 36.2 Å². The number of piperidine rings is 2. The fraction of sp³-hybridized carbons (Fsp3) is 0.474. The Morgan fingerprint density at radius 2 is 2.04 bits per heavy atom. The minimum Gasteiger partial charge on any atom is -0.329 e. The lowest BCUT2D eigenvalue weighted by molar-refractivity contribution is -0.126. The average molecular weight is 325 g/mol. The number of hydrogen-bond acceptors (Lipinski definition) is 3. The zero-order chi connectivity index (χ0) is 16.7. The summed E-state index contributed by atoms with van der Waals surface area (Å²) < 4.78 is 0. The number of nitrogens with one attached hydrogen (secondary N) is 2. The SMILES string of the molecule is C=C1CCC(N2Cc3cc(C4CCCCN4)ccc3C2=O)C(=O)N1. The summed E-state index contributed by atoms with van der Waals surface area (Å²) in [5, 5.41) is 6.33. The quantitative estimate of drug-likeness (QED) is 0.877. The minimum atomic E-state index is -0.383. The molecule has 2 atom stereocenters. The highest BCUT2D eigenvalue weighted by Crippen LogP contribution is 2.31. The zero-order valence-electron chi connectivity index (χ0n) is 13.8. The first-order valence-electron chi connectivity index (χ1n) is 8.79. The Morgan fingerprint density at radius 1 is 1.17 bits per heavy atom. The fourth-order valence-corrected chi connectivity index (χ4v) is 4.03. The highest BCUT2D eigenvalue weighted by atomic mass is 16.2. The minimum absolute atomic E-state index is 0.0270. The van der Waals surface area contributed by atoms with Gasteiger partial charge in [0.2, 0.25) is 5.91 Å². The second-order valence-electron chi connectivity index (χ2n) is 7.00. The maximum Gasteiger partial charge on any atom is 0.255 e. The van der Waals surface area contributed by atoms with Crippen LogP contribution in [0.2, 0.25) is 0 Å². The number of allylic oxidation sites excluding steroid dienone is 1. The molecule has 2 fully saturated rings. The van der Waals surface area contributed by atoms with Gasteiger partial charge in [-0.3, -0.25) is 9.59 Å². The molecule has 2 amide bonds. The van der Waals surface area contributed by atoms with Crippen LogP contribution in [0.3, 0.4) is 0 Å². The molecule has 5 heteroatoms. The van der Waals surface area contributed by atoms with Crippen molar-refractivity contribution in [2.75, 3.05) is 6.54 Å². The highest BCUT2D eigenvalue weighted by Gasteiger charge is 2.38. The van der Waals surface area contributed by atoms with E-state index in [1.54, 1.807) is 4.90 Å². The lowest BCUT2D eigenvalue weighted by atomic mass is 9.95. The molecule has 1 aromatic rings. The van der Waals surface area contributed by atoms with Crippen LogP contribution < -0.4 is 10.6 Å². The molecule has 24 heavy (non-hydrogen) atoms. The molecule has 0 saturated carbocycles. The van der Waals surface area contributed by atoms with Gasteiger partial charge in [-0.15, -0.1) is 0 Å². The van der Waals surface area contributed by atoms with E-state index < -0.39 is 0 Å². The molecule has 3 aliphatic heterocycles. The number of nitrogens with zero attached hydrogens (tertiary/aromatic N) is 1. The van der Waals surface area contributed by atoms with Crippen molar-refractivity contribution in [3.05, 3.63) is 47.2 Å². The summed E-state index contributed by atoms with van der Waals surface area (Å²) in [6.07, 6.45) is 5.00. The molecule has 3 aliphatic rings. The van der Waals surface area contributed by atoms with Gasteiger partial charge >= 0.3 is 0 Å². The van der Waals surface area contributed by atoms with Crippen molar-refractivity contribution in [2.45, 2.75) is 50.7 Å². The second-order valence-corrected chi connectivity index (χ2v) is 7.00. The Kier molecular flexibility index (Phi) is 3.88. The molecule has 0 aliphatic carbocycles. The first kappa shape index (κ1) is 15.4. The fourth-order valence-electron chi connectivity index (χ4n) is 4.03. The molecular weight excluding hydrogens is 302 g/mol. The van der Waals surface area contributed by atoms with E-state index in [4.69, 9.17) is 0 Å². The van der Waals surface area contributed by atoms with Crippen LogP contribution in [0.1, 0.15) is 59.6 Å². The van der Waals surface area contributed by atoms with Gasteiger partial charge in [-0.25, -0.2) is 0 Å². The van der Waals surface area contributed by atoms with E-state index in [9.17, 15) is 9.59 Å². The number of hydrogen-bond donors (Lipinski definition) is 2. The first-order chi connectivity index (χ1) is 11.6. The van der Waals surface area contributed by atoms with Gasteiger partial charge in [0.05, 0.1) is 0 Å². The van der Waals surface area contributed by atoms with Gasteiger partial charge in [0.1, 0.15) is 6.04 Å². The first-order valence-corrected chi connectivity index (χ1v) is 8.79. The summed E-state index contributed by atoms with van der Waals surface area (Å²) in [5.74, 6) is -0.137. The summed E-state index contributed by atoms with van der Waals surface area (Å²) in [4.78, 5) is 26.7. The van der Waals surface area contributed by atoms with Crippen molar-refractivity contribution in [1.29, 1.82) is 0 Å². The Hall–Kier alpha value is -2.14. The Labute approximate surface area is 142 Å². The Bertz CT molecular complexity index is 707. The van der Waals surface area contributed by atoms with Crippen molar-refractivity contribution < 1.29 is 9.59 Å². The van der Waals surface area contributed by atoms with Gasteiger partial charge in [-0.2, -0.15) is 0 Å². The summed E-state index contributed by atoms with van der Waals surface area (Å²) in [6.45, 7) is 5.39. The third kappa shape index (κ3) is 2.63. The lowest BCUT2D eigenvalue weighted by Crippen LogP contribution is -2.49. The molecule has 0 radical (unpaired) electrons. The standard InChI is InChI=1S/C19H23N3O2/c1-12-5-8-17(18(23)21-12)22-11-14-10-13(6-7-15(14)19(22)24)16-4-2-3-9-20-16/h6-7,10,16-17,20H,1-5,8-9,11H2,(H,21,23). The molecular formula is C19H23N3O2. The van der Waals surface area contributed by atoms with Gasteiger partial charge in [0.15, 0.2) is 0 Å². The third-order valence-electron chi connectivity index (χ3n) is 5.37. The highest BCUT2D eigenvalue weighted by molar-refractivity contribution is 6.01. The van der Waals surface area contributed by atoms with Crippen LogP contribution in [0, 0.1) is 0 Å². The lowest BCUT2D eigenvalue weighted by Gasteiger charge is -2.30. The number of carbonyl (C=O) groups excluding carboxylic acids is 2. The summed E-state index contributed by atoms with van der Waals surface area (Å²) in [5.41, 5.74) is 3.78. The molecule has 0 spiro atoms. The van der Waals surface area contributed by atoms with Crippen LogP contribution in [0.4, 0.5) is 0 Å². The summed E-state index contributed by atoms with van der Waals surface area (Å²) >= 11 is 0. The molecule has 3 heterocycles. The number of rotatable bonds is 2. The molecule has 4 rings (SSSR count). The Balaban J connectivity index is 1.55. The molecule has 2 N–H and O–H groups in total. The van der Waals surface area contributed by atoms with Crippen LogP contribution in [-0.4, -0.2) is 29.3 Å². The largest absolute Gasteiger partial charge is 0.329 e. The molecule has 0 bridgehead atoms. The van der Waals surface area contributed by atoms with E-state index in [1.807, 2.05) is 6.07 Å². The van der Waals surface area contributed by atoms with Crippen LogP contribution >= 0.6 is 0 Å². The normalized spacial score (nSPS) is 27.2. The summed E-state index contributed by atoms with van der Waals surface area (Å²) in [7, 11) is 0. The van der Waals surface area contributed by atoms with Gasteiger partial charge in [0.25, 0.3) is 5.91 Å². The average Bonchev–Trinajstić information content (AvgIpc) is 2.92. The maximum absolute atomic E-state index is 12.7. The second kappa shape index (κ2) is 6.06. The van der Waals surface area contributed by atoms with Crippen LogP contribution in [-0.2, 0) is 11.3 Å². The van der Waals surface area contributed by atoms with E-state index in [2.05, 4.69) is 29.3 Å². The molecule has 2 saturated heterocycles. The number of carbonyl (C=O) groups is 2. The molecule has 1 aromatic carbocycles. The van der Waals surface area contributed by atoms with Crippen LogP contribution in [0.5, 0.6) is 0 Å². The summed E-state index contributed by atoms with van der Waals surface area (Å²) in [6, 6.07) is 6.14. The van der Waals surface area contributed by atoms with Crippen LogP contribution in [0.25, 0.3) is 0 Å². The van der Waals surface area contributed by atoms with Gasteiger partial charge < -0.3 is 15.5 Å². The number of amides is 2. The predicted octanol–water partition coefficient (Wildman–Crippen LogP) is 2.25.